The molecule has 5 heteroatoms. The summed E-state index contributed by atoms with van der Waals surface area (Å²) >= 11 is 6.00. The summed E-state index contributed by atoms with van der Waals surface area (Å²) < 4.78 is 2.56. The molecule has 2 rings (SSSR count). The lowest BCUT2D eigenvalue weighted by atomic mass is 10.1. The lowest BCUT2D eigenvalue weighted by Gasteiger charge is -2.06. The van der Waals surface area contributed by atoms with E-state index >= 15 is 0 Å². The summed E-state index contributed by atoms with van der Waals surface area (Å²) in [5.41, 5.74) is 2.94. The van der Waals surface area contributed by atoms with E-state index in [9.17, 15) is 5.21 Å². The maximum atomic E-state index is 11.0. The lowest BCUT2D eigenvalue weighted by Crippen LogP contribution is -2.22. The number of aliphatic imine (C=N–C) groups is 1. The normalized spacial score (nSPS) is 11.8. The molecule has 0 aliphatic carbocycles. The summed E-state index contributed by atoms with van der Waals surface area (Å²) in [6, 6.07) is 5.80. The van der Waals surface area contributed by atoms with Gasteiger partial charge >= 0.3 is 0 Å². The molecule has 0 saturated heterocycles. The number of hydrogen-bond donors (Lipinski definition) is 0. The van der Waals surface area contributed by atoms with Crippen molar-refractivity contribution in [1.82, 2.24) is 4.57 Å². The number of benzene rings is 1. The maximum Gasteiger partial charge on any atom is 0.247 e. The molecule has 1 heterocycles. The Morgan fingerprint density at radius 2 is 2.28 bits per heavy atom. The smallest absolute Gasteiger partial charge is 0.247 e. The second-order valence-corrected chi connectivity index (χ2v) is 4.49. The van der Waals surface area contributed by atoms with Gasteiger partial charge in [0.1, 0.15) is 18.9 Å². The zero-order valence-corrected chi connectivity index (χ0v) is 11.1. The predicted molar refractivity (Wildman–Crippen MR) is 72.0 cm³/mol. The first kappa shape index (κ1) is 12.6. The van der Waals surface area contributed by atoms with Crippen molar-refractivity contribution in [2.24, 2.45) is 4.99 Å². The standard InChI is InChI=1S/C13H14ClN3O/c1-10-7-11(3-4-12(10)14)13(15-2)8-16-5-6-17(18)9-16/h3-7,9H,8H2,1-2H3. The second kappa shape index (κ2) is 5.23. The number of imidazole rings is 1. The van der Waals surface area contributed by atoms with E-state index < -0.39 is 0 Å². The van der Waals surface area contributed by atoms with Gasteiger partial charge in [0, 0.05) is 12.1 Å². The molecule has 0 bridgehead atoms. The van der Waals surface area contributed by atoms with Gasteiger partial charge in [-0.2, -0.15) is 0 Å². The molecular formula is C13H14ClN3O. The van der Waals surface area contributed by atoms with Crippen LogP contribution in [-0.4, -0.2) is 17.3 Å². The number of nitrogens with zero attached hydrogens (tertiary/aromatic N) is 3. The van der Waals surface area contributed by atoms with E-state index in [1.807, 2.05) is 25.1 Å². The summed E-state index contributed by atoms with van der Waals surface area (Å²) in [4.78, 5) is 4.28. The Bertz CT molecular complexity index is 590. The van der Waals surface area contributed by atoms with E-state index in [4.69, 9.17) is 11.6 Å². The molecule has 0 saturated carbocycles. The third-order valence-corrected chi connectivity index (χ3v) is 3.18. The Hall–Kier alpha value is -1.81. The van der Waals surface area contributed by atoms with Crippen LogP contribution >= 0.6 is 11.6 Å². The van der Waals surface area contributed by atoms with Crippen LogP contribution in [0.5, 0.6) is 0 Å². The summed E-state index contributed by atoms with van der Waals surface area (Å²) in [5.74, 6) is 0. The average Bonchev–Trinajstić information content (AvgIpc) is 2.75. The van der Waals surface area contributed by atoms with Crippen LogP contribution < -0.4 is 4.73 Å². The number of aryl methyl sites for hydroxylation is 1. The fraction of sp³-hybridized carbons (Fsp3) is 0.231. The molecule has 0 amide bonds. The topological polar surface area (TPSA) is 44.2 Å². The quantitative estimate of drug-likeness (QED) is 0.476. The molecule has 18 heavy (non-hydrogen) atoms. The molecule has 1 aromatic carbocycles. The van der Waals surface area contributed by atoms with Crippen molar-refractivity contribution < 1.29 is 4.73 Å². The highest BCUT2D eigenvalue weighted by atomic mass is 35.5. The van der Waals surface area contributed by atoms with Gasteiger partial charge in [0.25, 0.3) is 0 Å². The van der Waals surface area contributed by atoms with E-state index in [2.05, 4.69) is 4.99 Å². The van der Waals surface area contributed by atoms with Crippen LogP contribution in [-0.2, 0) is 6.54 Å². The molecule has 0 aliphatic rings. The molecule has 1 aromatic heterocycles. The number of rotatable bonds is 3. The highest BCUT2D eigenvalue weighted by Gasteiger charge is 2.09. The van der Waals surface area contributed by atoms with Crippen molar-refractivity contribution in [3.8, 4) is 0 Å². The molecule has 0 spiro atoms. The maximum absolute atomic E-state index is 11.0. The van der Waals surface area contributed by atoms with Gasteiger partial charge in [-0.05, 0) is 30.2 Å². The third-order valence-electron chi connectivity index (χ3n) is 2.76. The van der Waals surface area contributed by atoms with Crippen molar-refractivity contribution in [3.63, 3.8) is 0 Å². The minimum absolute atomic E-state index is 0.562. The number of hydrogen-bond acceptors (Lipinski definition) is 2. The molecule has 0 fully saturated rings. The molecule has 0 unspecified atom stereocenters. The number of halogens is 1. The third kappa shape index (κ3) is 2.71. The van der Waals surface area contributed by atoms with Crippen LogP contribution in [0.2, 0.25) is 5.02 Å². The molecule has 0 radical (unpaired) electrons. The first-order valence-electron chi connectivity index (χ1n) is 5.57. The SMILES string of the molecule is CN=C(Cn1cc[n+]([O-])c1)c1ccc(Cl)c(C)c1. The summed E-state index contributed by atoms with van der Waals surface area (Å²) in [6.45, 7) is 2.52. The predicted octanol–water partition coefficient (Wildman–Crippen LogP) is 2.20. The summed E-state index contributed by atoms with van der Waals surface area (Å²) in [7, 11) is 1.74. The van der Waals surface area contributed by atoms with Gasteiger partial charge in [-0.15, -0.1) is 0 Å². The van der Waals surface area contributed by atoms with Crippen LogP contribution in [0.3, 0.4) is 0 Å². The fourth-order valence-electron chi connectivity index (χ4n) is 1.76. The van der Waals surface area contributed by atoms with Crippen LogP contribution in [0.15, 0.2) is 41.9 Å². The van der Waals surface area contributed by atoms with Crippen molar-refractivity contribution in [2.75, 3.05) is 7.05 Å². The Balaban J connectivity index is 2.26. The van der Waals surface area contributed by atoms with Gasteiger partial charge in [0.2, 0.25) is 6.33 Å². The summed E-state index contributed by atoms with van der Waals surface area (Å²) in [5, 5.41) is 11.8. The van der Waals surface area contributed by atoms with Crippen LogP contribution in [0.4, 0.5) is 0 Å². The molecular weight excluding hydrogens is 250 g/mol. The van der Waals surface area contributed by atoms with Crippen molar-refractivity contribution >= 4 is 17.3 Å². The van der Waals surface area contributed by atoms with Gasteiger partial charge in [-0.25, -0.2) is 9.30 Å². The van der Waals surface area contributed by atoms with E-state index in [1.54, 1.807) is 17.8 Å². The fourth-order valence-corrected chi connectivity index (χ4v) is 1.87. The molecule has 0 aliphatic heterocycles. The minimum Gasteiger partial charge on any atom is -0.711 e. The van der Waals surface area contributed by atoms with Crippen LogP contribution in [0.1, 0.15) is 11.1 Å². The van der Waals surface area contributed by atoms with Gasteiger partial charge in [0.05, 0.1) is 5.71 Å². The molecule has 0 N–H and O–H groups in total. The zero-order valence-electron chi connectivity index (χ0n) is 10.3. The van der Waals surface area contributed by atoms with Crippen molar-refractivity contribution in [1.29, 1.82) is 0 Å². The molecule has 0 atom stereocenters. The largest absolute Gasteiger partial charge is 0.711 e. The van der Waals surface area contributed by atoms with E-state index in [0.717, 1.165) is 26.6 Å². The minimum atomic E-state index is 0.562. The monoisotopic (exact) mass is 263 g/mol. The van der Waals surface area contributed by atoms with Gasteiger partial charge in [-0.1, -0.05) is 17.7 Å². The van der Waals surface area contributed by atoms with Gasteiger partial charge in [-0.3, -0.25) is 4.99 Å². The van der Waals surface area contributed by atoms with E-state index in [1.165, 1.54) is 12.5 Å². The Kier molecular flexibility index (Phi) is 3.67. The zero-order chi connectivity index (χ0) is 13.1. The van der Waals surface area contributed by atoms with Crippen molar-refractivity contribution in [3.05, 3.63) is 58.3 Å². The number of aromatic nitrogens is 2. The molecule has 94 valence electrons. The average molecular weight is 264 g/mol. The van der Waals surface area contributed by atoms with Gasteiger partial charge in [0.15, 0.2) is 0 Å². The lowest BCUT2D eigenvalue weighted by molar-refractivity contribution is -0.604. The van der Waals surface area contributed by atoms with E-state index in [-0.39, 0.29) is 0 Å². The van der Waals surface area contributed by atoms with Crippen molar-refractivity contribution in [2.45, 2.75) is 13.5 Å². The second-order valence-electron chi connectivity index (χ2n) is 4.08. The van der Waals surface area contributed by atoms with E-state index in [0.29, 0.717) is 6.54 Å². The molecule has 4 nitrogen and oxygen atoms in total. The Morgan fingerprint density at radius 3 is 2.83 bits per heavy atom. The molecule has 2 aromatic rings. The first-order chi connectivity index (χ1) is 8.60. The Morgan fingerprint density at radius 1 is 1.50 bits per heavy atom. The summed E-state index contributed by atoms with van der Waals surface area (Å²) in [6.07, 6.45) is 4.66. The Labute approximate surface area is 111 Å². The highest BCUT2D eigenvalue weighted by molar-refractivity contribution is 6.31. The van der Waals surface area contributed by atoms with Gasteiger partial charge < -0.3 is 5.21 Å². The van der Waals surface area contributed by atoms with Crippen LogP contribution in [0.25, 0.3) is 0 Å². The highest BCUT2D eigenvalue weighted by Crippen LogP contribution is 2.17. The van der Waals surface area contributed by atoms with Crippen LogP contribution in [0, 0.1) is 12.1 Å². The first-order valence-corrected chi connectivity index (χ1v) is 5.94.